The summed E-state index contributed by atoms with van der Waals surface area (Å²) in [6, 6.07) is 13.5. The van der Waals surface area contributed by atoms with Crippen molar-refractivity contribution >= 4 is 22.5 Å². The van der Waals surface area contributed by atoms with E-state index in [0.717, 1.165) is 28.5 Å². The van der Waals surface area contributed by atoms with Gasteiger partial charge in [-0.05, 0) is 72.5 Å². The molecule has 4 bridgehead atoms. The lowest BCUT2D eigenvalue weighted by atomic mass is 9.49. The van der Waals surface area contributed by atoms with Gasteiger partial charge in [-0.2, -0.15) is 0 Å². The molecule has 4 aliphatic rings. The largest absolute Gasteiger partial charge is 0.457 e. The van der Waals surface area contributed by atoms with Gasteiger partial charge in [-0.3, -0.25) is 9.59 Å². The fourth-order valence-corrected chi connectivity index (χ4v) is 6.56. The van der Waals surface area contributed by atoms with Crippen molar-refractivity contribution < 1.29 is 14.3 Å². The second kappa shape index (κ2) is 6.47. The molecule has 0 N–H and O–H groups in total. The molecule has 2 aromatic carbocycles. The molecule has 0 radical (unpaired) electrons. The normalized spacial score (nSPS) is 31.2. The van der Waals surface area contributed by atoms with Gasteiger partial charge in [-0.15, -0.1) is 0 Å². The van der Waals surface area contributed by atoms with Crippen LogP contribution in [0.15, 0.2) is 42.5 Å². The Labute approximate surface area is 160 Å². The van der Waals surface area contributed by atoms with Crippen molar-refractivity contribution in [1.29, 1.82) is 0 Å². The summed E-state index contributed by atoms with van der Waals surface area (Å²) in [5.74, 6) is 2.15. The zero-order valence-corrected chi connectivity index (χ0v) is 15.7. The minimum absolute atomic E-state index is 0.120. The molecule has 27 heavy (non-hydrogen) atoms. The summed E-state index contributed by atoms with van der Waals surface area (Å²) in [7, 11) is 0. The summed E-state index contributed by atoms with van der Waals surface area (Å²) in [6.07, 6.45) is 8.16. The van der Waals surface area contributed by atoms with Crippen LogP contribution in [-0.4, -0.2) is 18.4 Å². The standard InChI is InChI=1S/C24H26O3/c25-22(21-7-3-5-19-4-1-2-6-20(19)21)15-27-23(26)14-24-11-16-8-17(12-24)10-18(9-16)13-24/h1-7,16-18H,8-15H2. The van der Waals surface area contributed by atoms with Crippen molar-refractivity contribution in [2.45, 2.75) is 44.9 Å². The first-order chi connectivity index (χ1) is 13.1. The van der Waals surface area contributed by atoms with Crippen molar-refractivity contribution in [3.8, 4) is 0 Å². The van der Waals surface area contributed by atoms with Crippen LogP contribution in [-0.2, 0) is 9.53 Å². The molecule has 4 saturated carbocycles. The number of hydrogen-bond donors (Lipinski definition) is 0. The Balaban J connectivity index is 1.24. The third-order valence-corrected chi connectivity index (χ3v) is 7.14. The van der Waals surface area contributed by atoms with E-state index in [4.69, 9.17) is 4.74 Å². The Kier molecular flexibility index (Phi) is 4.07. The highest BCUT2D eigenvalue weighted by Gasteiger charge is 2.51. The van der Waals surface area contributed by atoms with Crippen LogP contribution in [0.2, 0.25) is 0 Å². The molecule has 4 fully saturated rings. The van der Waals surface area contributed by atoms with Gasteiger partial charge in [-0.1, -0.05) is 42.5 Å². The predicted octanol–water partition coefficient (Wildman–Crippen LogP) is 5.17. The highest BCUT2D eigenvalue weighted by atomic mass is 16.5. The van der Waals surface area contributed by atoms with E-state index >= 15 is 0 Å². The quantitative estimate of drug-likeness (QED) is 0.544. The maximum absolute atomic E-state index is 12.6. The van der Waals surface area contributed by atoms with E-state index in [0.29, 0.717) is 12.0 Å². The van der Waals surface area contributed by atoms with Crippen molar-refractivity contribution in [3.05, 3.63) is 48.0 Å². The third-order valence-electron chi connectivity index (χ3n) is 7.14. The SMILES string of the molecule is O=C(CC12CC3CC(CC(C3)C1)C2)OCC(=O)c1cccc2ccccc12. The van der Waals surface area contributed by atoms with Crippen molar-refractivity contribution in [2.24, 2.45) is 23.2 Å². The molecule has 140 valence electrons. The van der Waals surface area contributed by atoms with Crippen LogP contribution in [0.25, 0.3) is 10.8 Å². The van der Waals surface area contributed by atoms with E-state index in [-0.39, 0.29) is 23.8 Å². The topological polar surface area (TPSA) is 43.4 Å². The molecule has 0 amide bonds. The van der Waals surface area contributed by atoms with Gasteiger partial charge in [0.1, 0.15) is 0 Å². The molecule has 0 aliphatic heterocycles. The summed E-state index contributed by atoms with van der Waals surface area (Å²) in [5, 5.41) is 1.95. The van der Waals surface area contributed by atoms with Gasteiger partial charge in [-0.25, -0.2) is 0 Å². The lowest BCUT2D eigenvalue weighted by molar-refractivity contribution is -0.150. The van der Waals surface area contributed by atoms with E-state index in [2.05, 4.69) is 0 Å². The van der Waals surface area contributed by atoms with Gasteiger partial charge >= 0.3 is 5.97 Å². The van der Waals surface area contributed by atoms with Crippen LogP contribution in [0.5, 0.6) is 0 Å². The number of rotatable bonds is 5. The Bertz CT molecular complexity index is 857. The lowest BCUT2D eigenvalue weighted by Crippen LogP contribution is -2.47. The summed E-state index contributed by atoms with van der Waals surface area (Å²) in [4.78, 5) is 25.2. The van der Waals surface area contributed by atoms with Crippen LogP contribution in [0.1, 0.15) is 55.3 Å². The highest BCUT2D eigenvalue weighted by Crippen LogP contribution is 2.61. The molecule has 6 rings (SSSR count). The van der Waals surface area contributed by atoms with Gasteiger partial charge in [0.2, 0.25) is 5.78 Å². The van der Waals surface area contributed by atoms with E-state index in [9.17, 15) is 9.59 Å². The smallest absolute Gasteiger partial charge is 0.306 e. The van der Waals surface area contributed by atoms with E-state index in [1.54, 1.807) is 0 Å². The van der Waals surface area contributed by atoms with E-state index in [1.807, 2.05) is 42.5 Å². The number of hydrogen-bond acceptors (Lipinski definition) is 3. The molecule has 0 atom stereocenters. The number of fused-ring (bicyclic) bond motifs is 1. The minimum Gasteiger partial charge on any atom is -0.457 e. The van der Waals surface area contributed by atoms with E-state index in [1.165, 1.54) is 38.5 Å². The number of esters is 1. The molecular formula is C24H26O3. The van der Waals surface area contributed by atoms with Crippen molar-refractivity contribution in [1.82, 2.24) is 0 Å². The zero-order valence-electron chi connectivity index (χ0n) is 15.7. The zero-order chi connectivity index (χ0) is 18.4. The highest BCUT2D eigenvalue weighted by molar-refractivity contribution is 6.09. The van der Waals surface area contributed by atoms with Crippen molar-refractivity contribution in [2.75, 3.05) is 6.61 Å². The summed E-state index contributed by atoms with van der Waals surface area (Å²) in [5.41, 5.74) is 0.796. The molecule has 3 heteroatoms. The first-order valence-corrected chi connectivity index (χ1v) is 10.3. The summed E-state index contributed by atoms with van der Waals surface area (Å²) in [6.45, 7) is -0.154. The van der Waals surface area contributed by atoms with Gasteiger partial charge in [0.25, 0.3) is 0 Å². The van der Waals surface area contributed by atoms with Crippen LogP contribution in [0.3, 0.4) is 0 Å². The Morgan fingerprint density at radius 2 is 1.52 bits per heavy atom. The molecule has 3 nitrogen and oxygen atoms in total. The molecular weight excluding hydrogens is 336 g/mol. The molecule has 2 aromatic rings. The van der Waals surface area contributed by atoms with E-state index < -0.39 is 0 Å². The van der Waals surface area contributed by atoms with Crippen LogP contribution in [0, 0.1) is 23.2 Å². The number of Topliss-reactive ketones (excluding diaryl/α,β-unsaturated/α-hetero) is 1. The molecule has 0 spiro atoms. The number of carbonyl (C=O) groups excluding carboxylic acids is 2. The average molecular weight is 362 g/mol. The monoisotopic (exact) mass is 362 g/mol. The lowest BCUT2D eigenvalue weighted by Gasteiger charge is -2.56. The average Bonchev–Trinajstić information content (AvgIpc) is 2.64. The Morgan fingerprint density at radius 1 is 0.889 bits per heavy atom. The minimum atomic E-state index is -0.189. The molecule has 0 heterocycles. The molecule has 0 saturated heterocycles. The molecule has 4 aliphatic carbocycles. The predicted molar refractivity (Wildman–Crippen MR) is 104 cm³/mol. The van der Waals surface area contributed by atoms with Gasteiger partial charge in [0, 0.05) is 5.56 Å². The van der Waals surface area contributed by atoms with Crippen LogP contribution < -0.4 is 0 Å². The fraction of sp³-hybridized carbons (Fsp3) is 0.500. The van der Waals surface area contributed by atoms with Gasteiger partial charge in [0.05, 0.1) is 6.42 Å². The fourth-order valence-electron chi connectivity index (χ4n) is 6.56. The molecule has 0 aromatic heterocycles. The summed E-state index contributed by atoms with van der Waals surface area (Å²) < 4.78 is 5.46. The number of carbonyl (C=O) groups is 2. The second-order valence-electron chi connectivity index (χ2n) is 9.20. The van der Waals surface area contributed by atoms with Crippen molar-refractivity contribution in [3.63, 3.8) is 0 Å². The second-order valence-corrected chi connectivity index (χ2v) is 9.20. The Morgan fingerprint density at radius 3 is 2.22 bits per heavy atom. The first-order valence-electron chi connectivity index (χ1n) is 10.3. The Hall–Kier alpha value is -2.16. The van der Waals surface area contributed by atoms with Gasteiger partial charge < -0.3 is 4.74 Å². The summed E-state index contributed by atoms with van der Waals surface area (Å²) >= 11 is 0. The number of ether oxygens (including phenoxy) is 1. The number of benzene rings is 2. The maximum atomic E-state index is 12.6. The maximum Gasteiger partial charge on any atom is 0.306 e. The third kappa shape index (κ3) is 3.18. The van der Waals surface area contributed by atoms with Crippen LogP contribution >= 0.6 is 0 Å². The number of ketones is 1. The first kappa shape index (κ1) is 17.0. The molecule has 0 unspecified atom stereocenters. The van der Waals surface area contributed by atoms with Gasteiger partial charge in [0.15, 0.2) is 6.61 Å². The van der Waals surface area contributed by atoms with Crippen LogP contribution in [0.4, 0.5) is 0 Å².